The second-order valence-corrected chi connectivity index (χ2v) is 14.4. The van der Waals surface area contributed by atoms with Gasteiger partial charge in [-0.05, 0) is 108 Å². The first kappa shape index (κ1) is 28.4. The molecule has 0 radical (unpaired) electrons. The van der Waals surface area contributed by atoms with Crippen molar-refractivity contribution in [2.24, 2.45) is 23.2 Å². The third kappa shape index (κ3) is 5.95. The van der Waals surface area contributed by atoms with Crippen LogP contribution in [0.3, 0.4) is 0 Å². The van der Waals surface area contributed by atoms with E-state index in [2.05, 4.69) is 61.9 Å². The van der Waals surface area contributed by atoms with Crippen LogP contribution >= 0.6 is 27.5 Å². The molecular formula is C32H45BrClN5O. The Morgan fingerprint density at radius 1 is 1.07 bits per heavy atom. The predicted octanol–water partition coefficient (Wildman–Crippen LogP) is 6.33. The fourth-order valence-corrected chi connectivity index (χ4v) is 8.64. The van der Waals surface area contributed by atoms with Crippen molar-refractivity contribution in [1.82, 2.24) is 20.1 Å². The van der Waals surface area contributed by atoms with Gasteiger partial charge in [0.05, 0.1) is 10.0 Å². The molecule has 3 saturated carbocycles. The van der Waals surface area contributed by atoms with Gasteiger partial charge in [0, 0.05) is 58.0 Å². The molecule has 3 heterocycles. The lowest BCUT2D eigenvalue weighted by molar-refractivity contribution is -0.103. The van der Waals surface area contributed by atoms with Gasteiger partial charge in [0.15, 0.2) is 0 Å². The zero-order valence-electron chi connectivity index (χ0n) is 23.9. The van der Waals surface area contributed by atoms with E-state index in [-0.39, 0.29) is 7.33 Å². The Bertz CT molecular complexity index is 1200. The Hall–Kier alpha value is -1.67. The number of anilines is 1. The molecule has 3 unspecified atom stereocenters. The van der Waals surface area contributed by atoms with Gasteiger partial charge in [-0.3, -0.25) is 14.6 Å². The molecule has 7 rings (SSSR count). The number of aromatic nitrogens is 1. The molecule has 1 aromatic heterocycles. The van der Waals surface area contributed by atoms with E-state index in [1.807, 2.05) is 18.2 Å². The Morgan fingerprint density at radius 2 is 1.80 bits per heavy atom. The van der Waals surface area contributed by atoms with Gasteiger partial charge in [-0.25, -0.2) is 4.98 Å². The van der Waals surface area contributed by atoms with E-state index in [0.29, 0.717) is 22.9 Å². The SMILES string of the molecule is CC1(C)C2CCC(CNC(=O)c3cnc(N4CCN(C5CCN(Cc6ccc(Cl)cc6)CC5)CC4)c(Br)c3)C1C2.[HH]. The number of likely N-dealkylation sites (tertiary alicyclic amines) is 1. The maximum absolute atomic E-state index is 13.0. The molecular weight excluding hydrogens is 586 g/mol. The monoisotopic (exact) mass is 629 g/mol. The first-order valence-corrected chi connectivity index (χ1v) is 16.3. The minimum absolute atomic E-state index is 0. The Kier molecular flexibility index (Phi) is 8.47. The van der Waals surface area contributed by atoms with Gasteiger partial charge in [-0.1, -0.05) is 37.6 Å². The van der Waals surface area contributed by atoms with Crippen molar-refractivity contribution in [1.29, 1.82) is 0 Å². The molecule has 3 aliphatic carbocycles. The van der Waals surface area contributed by atoms with Crippen molar-refractivity contribution in [2.75, 3.05) is 50.7 Å². The number of piperazine rings is 1. The van der Waals surface area contributed by atoms with E-state index in [4.69, 9.17) is 16.6 Å². The molecule has 5 fully saturated rings. The Morgan fingerprint density at radius 3 is 2.45 bits per heavy atom. The lowest BCUT2D eigenvalue weighted by Gasteiger charge is -2.60. The number of piperidine rings is 1. The minimum atomic E-state index is -0.00812. The summed E-state index contributed by atoms with van der Waals surface area (Å²) < 4.78 is 0.907. The van der Waals surface area contributed by atoms with E-state index < -0.39 is 0 Å². The second-order valence-electron chi connectivity index (χ2n) is 13.1. The first-order chi connectivity index (χ1) is 19.3. The van der Waals surface area contributed by atoms with Gasteiger partial charge < -0.3 is 10.2 Å². The molecule has 2 saturated heterocycles. The molecule has 5 aliphatic rings. The average Bonchev–Trinajstić information content (AvgIpc) is 2.97. The number of halogens is 2. The predicted molar refractivity (Wildman–Crippen MR) is 168 cm³/mol. The summed E-state index contributed by atoms with van der Waals surface area (Å²) in [7, 11) is 0. The van der Waals surface area contributed by atoms with Crippen LogP contribution < -0.4 is 10.2 Å². The summed E-state index contributed by atoms with van der Waals surface area (Å²) in [5.74, 6) is 3.18. The summed E-state index contributed by atoms with van der Waals surface area (Å²) in [6, 6.07) is 10.9. The number of hydrogen-bond acceptors (Lipinski definition) is 5. The number of hydrogen-bond donors (Lipinski definition) is 1. The van der Waals surface area contributed by atoms with Crippen LogP contribution in [0.1, 0.15) is 63.3 Å². The summed E-state index contributed by atoms with van der Waals surface area (Å²) in [5, 5.41) is 4.02. The van der Waals surface area contributed by atoms with Crippen molar-refractivity contribution >= 4 is 39.3 Å². The van der Waals surface area contributed by atoms with Crippen molar-refractivity contribution in [3.63, 3.8) is 0 Å². The molecule has 2 aliphatic heterocycles. The lowest BCUT2D eigenvalue weighted by atomic mass is 9.45. The number of fused-ring (bicyclic) bond motifs is 2. The standard InChI is InChI=1S/C32H43BrClN5O.H2/c1-32(2)25-6-5-23(28(32)18-25)19-36-31(40)24-17-29(33)30(35-20-24)39-15-13-38(14-16-39)27-9-11-37(12-10-27)21-22-3-7-26(34)8-4-22;/h3-4,7-8,17,20,23,25,27-28H,5-6,9-16,18-19,21H2,1-2H3,(H,36,40);1H. The van der Waals surface area contributed by atoms with E-state index in [1.165, 1.54) is 37.7 Å². The molecule has 3 atom stereocenters. The first-order valence-electron chi connectivity index (χ1n) is 15.2. The smallest absolute Gasteiger partial charge is 0.252 e. The number of carbonyl (C=O) groups is 1. The number of nitrogens with one attached hydrogen (secondary N) is 1. The molecule has 1 N–H and O–H groups in total. The van der Waals surface area contributed by atoms with Crippen LogP contribution in [-0.2, 0) is 6.54 Å². The van der Waals surface area contributed by atoms with Crippen molar-refractivity contribution in [3.05, 3.63) is 57.2 Å². The highest BCUT2D eigenvalue weighted by Crippen LogP contribution is 2.61. The van der Waals surface area contributed by atoms with Crippen LogP contribution in [-0.4, -0.2) is 72.5 Å². The van der Waals surface area contributed by atoms with Crippen LogP contribution in [0.4, 0.5) is 5.82 Å². The highest BCUT2D eigenvalue weighted by atomic mass is 79.9. The van der Waals surface area contributed by atoms with Crippen LogP contribution in [0, 0.1) is 23.2 Å². The fourth-order valence-electron chi connectivity index (χ4n) is 7.91. The van der Waals surface area contributed by atoms with E-state index >= 15 is 0 Å². The van der Waals surface area contributed by atoms with Gasteiger partial charge in [-0.15, -0.1) is 0 Å². The molecule has 2 aromatic rings. The number of carbonyl (C=O) groups excluding carboxylic acids is 1. The highest BCUT2D eigenvalue weighted by Gasteiger charge is 2.53. The molecule has 218 valence electrons. The fraction of sp³-hybridized carbons (Fsp3) is 0.625. The Balaban J connectivity index is 0.00000337. The van der Waals surface area contributed by atoms with Crippen molar-refractivity contribution < 1.29 is 6.22 Å². The molecule has 8 heteroatoms. The van der Waals surface area contributed by atoms with Crippen LogP contribution in [0.2, 0.25) is 5.02 Å². The molecule has 2 bridgehead atoms. The third-order valence-electron chi connectivity index (χ3n) is 10.6. The molecule has 40 heavy (non-hydrogen) atoms. The molecule has 1 amide bonds. The number of nitrogens with zero attached hydrogens (tertiary/aromatic N) is 4. The summed E-state index contributed by atoms with van der Waals surface area (Å²) >= 11 is 9.77. The molecule has 0 spiro atoms. The molecule has 6 nitrogen and oxygen atoms in total. The molecule has 1 aromatic carbocycles. The maximum Gasteiger partial charge on any atom is 0.252 e. The topological polar surface area (TPSA) is 51.7 Å². The van der Waals surface area contributed by atoms with Gasteiger partial charge >= 0.3 is 0 Å². The summed E-state index contributed by atoms with van der Waals surface area (Å²) in [6.45, 7) is 12.9. The normalized spacial score (nSPS) is 27.3. The van der Waals surface area contributed by atoms with Crippen LogP contribution in [0.15, 0.2) is 41.0 Å². The summed E-state index contributed by atoms with van der Waals surface area (Å²) in [4.78, 5) is 25.3. The zero-order chi connectivity index (χ0) is 27.9. The van der Waals surface area contributed by atoms with Gasteiger partial charge in [0.2, 0.25) is 0 Å². The third-order valence-corrected chi connectivity index (χ3v) is 11.5. The van der Waals surface area contributed by atoms with Crippen LogP contribution in [0.5, 0.6) is 0 Å². The van der Waals surface area contributed by atoms with Crippen molar-refractivity contribution in [3.8, 4) is 0 Å². The van der Waals surface area contributed by atoms with Crippen molar-refractivity contribution in [2.45, 2.75) is 58.5 Å². The van der Waals surface area contributed by atoms with E-state index in [1.54, 1.807) is 6.20 Å². The quantitative estimate of drug-likeness (QED) is 0.388. The Labute approximate surface area is 254 Å². The highest BCUT2D eigenvalue weighted by molar-refractivity contribution is 9.10. The average molecular weight is 631 g/mol. The second kappa shape index (κ2) is 11.9. The number of pyridine rings is 1. The van der Waals surface area contributed by atoms with Crippen LogP contribution in [0.25, 0.3) is 0 Å². The van der Waals surface area contributed by atoms with Gasteiger partial charge in [0.1, 0.15) is 5.82 Å². The van der Waals surface area contributed by atoms with Gasteiger partial charge in [-0.2, -0.15) is 0 Å². The minimum Gasteiger partial charge on any atom is -0.353 e. The van der Waals surface area contributed by atoms with E-state index in [9.17, 15) is 4.79 Å². The summed E-state index contributed by atoms with van der Waals surface area (Å²) in [5.41, 5.74) is 2.42. The number of rotatable bonds is 7. The largest absolute Gasteiger partial charge is 0.353 e. The zero-order valence-corrected chi connectivity index (χ0v) is 26.3. The van der Waals surface area contributed by atoms with E-state index in [0.717, 1.165) is 79.5 Å². The number of benzene rings is 1. The lowest BCUT2D eigenvalue weighted by Crippen LogP contribution is -2.54. The van der Waals surface area contributed by atoms with Gasteiger partial charge in [0.25, 0.3) is 5.91 Å². The summed E-state index contributed by atoms with van der Waals surface area (Å²) in [6.07, 6.45) is 8.09. The number of amides is 1. The maximum atomic E-state index is 13.0.